The number of rotatable bonds is 3. The highest BCUT2D eigenvalue weighted by Gasteiger charge is 2.23. The topological polar surface area (TPSA) is 74.4 Å². The van der Waals surface area contributed by atoms with Crippen molar-refractivity contribution >= 4 is 5.88 Å². The molecule has 0 radical (unpaired) electrons. The van der Waals surface area contributed by atoms with Crippen LogP contribution in [0.5, 0.6) is 5.75 Å². The smallest absolute Gasteiger partial charge is 0.230 e. The van der Waals surface area contributed by atoms with Gasteiger partial charge in [-0.2, -0.15) is 0 Å². The maximum atomic E-state index is 5.98. The molecule has 0 saturated carbocycles. The number of aryl methyl sites for hydroxylation is 2. The molecule has 0 unspecified atom stereocenters. The van der Waals surface area contributed by atoms with Gasteiger partial charge in [-0.05, 0) is 37.6 Å². The van der Waals surface area contributed by atoms with Gasteiger partial charge in [0, 0.05) is 5.56 Å². The molecule has 5 nitrogen and oxygen atoms in total. The summed E-state index contributed by atoms with van der Waals surface area (Å²) in [6.07, 6.45) is 1.62. The number of hydrogen-bond donors (Lipinski definition) is 1. The third-order valence-electron chi connectivity index (χ3n) is 3.42. The van der Waals surface area contributed by atoms with Crippen molar-refractivity contribution < 1.29 is 13.7 Å². The van der Waals surface area contributed by atoms with Crippen molar-refractivity contribution in [1.29, 1.82) is 0 Å². The lowest BCUT2D eigenvalue weighted by atomic mass is 10.00. The summed E-state index contributed by atoms with van der Waals surface area (Å²) < 4.78 is 16.1. The summed E-state index contributed by atoms with van der Waals surface area (Å²) in [5.74, 6) is 1.60. The van der Waals surface area contributed by atoms with Crippen molar-refractivity contribution in [2.75, 3.05) is 12.8 Å². The first-order valence-electron chi connectivity index (χ1n) is 6.56. The van der Waals surface area contributed by atoms with Crippen LogP contribution in [0, 0.1) is 13.8 Å². The van der Waals surface area contributed by atoms with E-state index in [-0.39, 0.29) is 5.88 Å². The highest BCUT2D eigenvalue weighted by Crippen LogP contribution is 2.42. The van der Waals surface area contributed by atoms with Crippen LogP contribution in [-0.4, -0.2) is 12.3 Å². The Labute approximate surface area is 122 Å². The monoisotopic (exact) mass is 284 g/mol. The largest absolute Gasteiger partial charge is 0.496 e. The van der Waals surface area contributed by atoms with Crippen molar-refractivity contribution in [2.45, 2.75) is 13.8 Å². The molecule has 0 fully saturated rings. The molecule has 0 aliphatic carbocycles. The van der Waals surface area contributed by atoms with E-state index in [0.717, 1.165) is 16.7 Å². The van der Waals surface area contributed by atoms with E-state index < -0.39 is 0 Å². The number of nitrogens with two attached hydrogens (primary N) is 1. The standard InChI is InChI=1S/C16H16N2O3/c1-9-4-5-12(19-3)11(8-9)13-14(18-21-16(13)17)15-10(2)6-7-20-15/h4-8H,17H2,1-3H3. The highest BCUT2D eigenvalue weighted by atomic mass is 16.5. The number of nitrogens with zero attached hydrogens (tertiary/aromatic N) is 1. The molecule has 5 heteroatoms. The number of aromatic nitrogens is 1. The van der Waals surface area contributed by atoms with E-state index in [0.29, 0.717) is 22.8 Å². The summed E-state index contributed by atoms with van der Waals surface area (Å²) in [5.41, 5.74) is 10.1. The predicted molar refractivity (Wildman–Crippen MR) is 80.1 cm³/mol. The fourth-order valence-electron chi connectivity index (χ4n) is 2.35. The highest BCUT2D eigenvalue weighted by molar-refractivity contribution is 5.89. The molecule has 0 aliphatic rings. The maximum Gasteiger partial charge on any atom is 0.230 e. The first kappa shape index (κ1) is 13.3. The van der Waals surface area contributed by atoms with Crippen molar-refractivity contribution in [3.05, 3.63) is 41.7 Å². The molecule has 3 rings (SSSR count). The number of nitrogen functional groups attached to an aromatic ring is 1. The van der Waals surface area contributed by atoms with Gasteiger partial charge in [-0.1, -0.05) is 16.8 Å². The van der Waals surface area contributed by atoms with Crippen LogP contribution in [0.2, 0.25) is 0 Å². The van der Waals surface area contributed by atoms with Crippen molar-refractivity contribution in [1.82, 2.24) is 5.16 Å². The minimum atomic E-state index is 0.240. The Morgan fingerprint density at radius 3 is 2.67 bits per heavy atom. The van der Waals surface area contributed by atoms with E-state index in [1.807, 2.05) is 38.1 Å². The number of hydrogen-bond acceptors (Lipinski definition) is 5. The summed E-state index contributed by atoms with van der Waals surface area (Å²) >= 11 is 0. The Hall–Kier alpha value is -2.69. The normalized spacial score (nSPS) is 10.8. The van der Waals surface area contributed by atoms with Gasteiger partial charge in [0.2, 0.25) is 5.88 Å². The molecule has 2 aromatic heterocycles. The molecule has 0 saturated heterocycles. The minimum absolute atomic E-state index is 0.240. The Kier molecular flexibility index (Phi) is 3.17. The number of ether oxygens (including phenoxy) is 1. The number of anilines is 1. The van der Waals surface area contributed by atoms with Gasteiger partial charge in [-0.15, -0.1) is 0 Å². The molecule has 108 valence electrons. The first-order chi connectivity index (χ1) is 10.1. The van der Waals surface area contributed by atoms with Crippen molar-refractivity contribution in [3.8, 4) is 28.3 Å². The summed E-state index contributed by atoms with van der Waals surface area (Å²) in [7, 11) is 1.62. The third kappa shape index (κ3) is 2.16. The number of benzene rings is 1. The molecule has 2 N–H and O–H groups in total. The van der Waals surface area contributed by atoms with Gasteiger partial charge < -0.3 is 19.4 Å². The van der Waals surface area contributed by atoms with Gasteiger partial charge in [0.05, 0.1) is 18.9 Å². The van der Waals surface area contributed by atoms with Gasteiger partial charge in [0.15, 0.2) is 11.5 Å². The Bertz CT molecular complexity index is 787. The zero-order chi connectivity index (χ0) is 15.0. The number of methoxy groups -OCH3 is 1. The molecule has 0 aliphatic heterocycles. The molecule has 1 aromatic carbocycles. The van der Waals surface area contributed by atoms with Crippen LogP contribution in [0.4, 0.5) is 5.88 Å². The fourth-order valence-corrected chi connectivity index (χ4v) is 2.35. The van der Waals surface area contributed by atoms with Crippen LogP contribution < -0.4 is 10.5 Å². The maximum absolute atomic E-state index is 5.98. The average Bonchev–Trinajstić information content (AvgIpc) is 3.04. The lowest BCUT2D eigenvalue weighted by Gasteiger charge is -2.09. The molecule has 2 heterocycles. The van der Waals surface area contributed by atoms with E-state index in [1.54, 1.807) is 13.4 Å². The molecule has 0 spiro atoms. The van der Waals surface area contributed by atoms with Crippen molar-refractivity contribution in [3.63, 3.8) is 0 Å². The van der Waals surface area contributed by atoms with E-state index in [9.17, 15) is 0 Å². The van der Waals surface area contributed by atoms with Gasteiger partial charge in [-0.3, -0.25) is 0 Å². The van der Waals surface area contributed by atoms with Gasteiger partial charge in [0.1, 0.15) is 5.75 Å². The molecule has 0 atom stereocenters. The second kappa shape index (κ2) is 5.01. The minimum Gasteiger partial charge on any atom is -0.496 e. The zero-order valence-corrected chi connectivity index (χ0v) is 12.1. The molecule has 0 bridgehead atoms. The van der Waals surface area contributed by atoms with Crippen LogP contribution in [0.1, 0.15) is 11.1 Å². The second-order valence-corrected chi connectivity index (χ2v) is 4.91. The van der Waals surface area contributed by atoms with Crippen LogP contribution in [0.3, 0.4) is 0 Å². The van der Waals surface area contributed by atoms with Crippen LogP contribution in [0.25, 0.3) is 22.6 Å². The molecular weight excluding hydrogens is 268 g/mol. The quantitative estimate of drug-likeness (QED) is 0.791. The van der Waals surface area contributed by atoms with E-state index in [2.05, 4.69) is 5.16 Å². The van der Waals surface area contributed by atoms with Crippen LogP contribution in [-0.2, 0) is 0 Å². The van der Waals surface area contributed by atoms with Crippen LogP contribution in [0.15, 0.2) is 39.5 Å². The molecule has 3 aromatic rings. The lowest BCUT2D eigenvalue weighted by molar-refractivity contribution is 0.416. The first-order valence-corrected chi connectivity index (χ1v) is 6.56. The van der Waals surface area contributed by atoms with Crippen LogP contribution >= 0.6 is 0 Å². The van der Waals surface area contributed by atoms with Gasteiger partial charge in [-0.25, -0.2) is 0 Å². The fraction of sp³-hybridized carbons (Fsp3) is 0.188. The molecule has 21 heavy (non-hydrogen) atoms. The SMILES string of the molecule is COc1ccc(C)cc1-c1c(-c2occc2C)noc1N. The van der Waals surface area contributed by atoms with Crippen molar-refractivity contribution in [2.24, 2.45) is 0 Å². The van der Waals surface area contributed by atoms with E-state index in [4.69, 9.17) is 19.4 Å². The van der Waals surface area contributed by atoms with Gasteiger partial charge >= 0.3 is 0 Å². The summed E-state index contributed by atoms with van der Waals surface area (Å²) in [6.45, 7) is 3.95. The molecule has 0 amide bonds. The second-order valence-electron chi connectivity index (χ2n) is 4.91. The summed E-state index contributed by atoms with van der Waals surface area (Å²) in [6, 6.07) is 7.74. The zero-order valence-electron chi connectivity index (χ0n) is 12.1. The third-order valence-corrected chi connectivity index (χ3v) is 3.42. The summed E-state index contributed by atoms with van der Waals surface area (Å²) in [5, 5.41) is 4.05. The lowest BCUT2D eigenvalue weighted by Crippen LogP contribution is -1.93. The predicted octanol–water partition coefficient (Wildman–Crippen LogP) is 3.81. The average molecular weight is 284 g/mol. The molecular formula is C16H16N2O3. The van der Waals surface area contributed by atoms with E-state index >= 15 is 0 Å². The number of furan rings is 1. The Balaban J connectivity index is 2.27. The summed E-state index contributed by atoms with van der Waals surface area (Å²) in [4.78, 5) is 0. The van der Waals surface area contributed by atoms with Gasteiger partial charge in [0.25, 0.3) is 0 Å². The van der Waals surface area contributed by atoms with E-state index in [1.165, 1.54) is 0 Å². The Morgan fingerprint density at radius 1 is 1.19 bits per heavy atom. The Morgan fingerprint density at radius 2 is 2.00 bits per heavy atom.